The van der Waals surface area contributed by atoms with Crippen molar-refractivity contribution < 1.29 is 9.84 Å². The van der Waals surface area contributed by atoms with E-state index in [9.17, 15) is 5.11 Å². The Morgan fingerprint density at radius 1 is 1.42 bits per heavy atom. The SMILES string of the molecule is C[C@]12COc3ccccc3[C@H]1c1sc([O-])nc1SC2. The van der Waals surface area contributed by atoms with Crippen molar-refractivity contribution in [1.29, 1.82) is 0 Å². The van der Waals surface area contributed by atoms with Gasteiger partial charge in [-0.15, -0.1) is 23.1 Å². The molecular weight excluding hydrogens is 278 g/mol. The number of thioether (sulfide) groups is 1. The second-order valence-corrected chi connectivity index (χ2v) is 7.31. The summed E-state index contributed by atoms with van der Waals surface area (Å²) in [5.41, 5.74) is 1.24. The molecule has 3 heterocycles. The largest absolute Gasteiger partial charge is 0.851 e. The molecule has 2 aliphatic heterocycles. The molecule has 0 bridgehead atoms. The number of hydrogen-bond donors (Lipinski definition) is 0. The Morgan fingerprint density at radius 2 is 2.26 bits per heavy atom. The summed E-state index contributed by atoms with van der Waals surface area (Å²) < 4.78 is 5.91. The van der Waals surface area contributed by atoms with E-state index in [0.717, 1.165) is 21.4 Å². The monoisotopic (exact) mass is 290 g/mol. The van der Waals surface area contributed by atoms with Gasteiger partial charge in [0.15, 0.2) is 0 Å². The minimum atomic E-state index is -0.0780. The third-order valence-corrected chi connectivity index (χ3v) is 6.32. The third kappa shape index (κ3) is 1.61. The molecular formula is C14H12NO2S2-. The Bertz CT molecular complexity index is 655. The van der Waals surface area contributed by atoms with Crippen LogP contribution in [0.15, 0.2) is 29.3 Å². The molecule has 0 amide bonds. The Morgan fingerprint density at radius 3 is 3.16 bits per heavy atom. The number of ether oxygens (including phenoxy) is 1. The minimum Gasteiger partial charge on any atom is -0.851 e. The van der Waals surface area contributed by atoms with Crippen LogP contribution in [-0.4, -0.2) is 17.3 Å². The Kier molecular flexibility index (Phi) is 2.38. The van der Waals surface area contributed by atoms with E-state index in [1.807, 2.05) is 18.2 Å². The quantitative estimate of drug-likeness (QED) is 0.748. The van der Waals surface area contributed by atoms with Crippen molar-refractivity contribution in [1.82, 2.24) is 4.98 Å². The van der Waals surface area contributed by atoms with Crippen molar-refractivity contribution in [3.05, 3.63) is 34.7 Å². The molecule has 0 saturated carbocycles. The first-order valence-electron chi connectivity index (χ1n) is 6.20. The molecule has 2 aliphatic rings. The number of nitrogens with zero attached hydrogens (tertiary/aromatic N) is 1. The summed E-state index contributed by atoms with van der Waals surface area (Å²) in [6, 6.07) is 8.15. The summed E-state index contributed by atoms with van der Waals surface area (Å²) in [6.07, 6.45) is 0. The van der Waals surface area contributed by atoms with Gasteiger partial charge < -0.3 is 9.84 Å². The van der Waals surface area contributed by atoms with Crippen LogP contribution in [0.25, 0.3) is 0 Å². The van der Waals surface area contributed by atoms with Gasteiger partial charge in [0.2, 0.25) is 0 Å². The van der Waals surface area contributed by atoms with Crippen LogP contribution in [-0.2, 0) is 0 Å². The van der Waals surface area contributed by atoms with E-state index in [4.69, 9.17) is 4.74 Å². The van der Waals surface area contributed by atoms with E-state index in [-0.39, 0.29) is 16.5 Å². The summed E-state index contributed by atoms with van der Waals surface area (Å²) in [7, 11) is 0. The smallest absolute Gasteiger partial charge is 0.123 e. The number of aromatic nitrogens is 1. The molecule has 0 fully saturated rings. The molecule has 2 aromatic rings. The van der Waals surface area contributed by atoms with Crippen molar-refractivity contribution in [2.24, 2.45) is 5.41 Å². The summed E-state index contributed by atoms with van der Waals surface area (Å²) in [5.74, 6) is 2.14. The lowest BCUT2D eigenvalue weighted by atomic mass is 9.72. The molecule has 0 radical (unpaired) electrons. The maximum atomic E-state index is 11.6. The highest BCUT2D eigenvalue weighted by Crippen LogP contribution is 2.57. The van der Waals surface area contributed by atoms with Gasteiger partial charge in [0.05, 0.1) is 6.61 Å². The maximum absolute atomic E-state index is 11.6. The van der Waals surface area contributed by atoms with E-state index >= 15 is 0 Å². The minimum absolute atomic E-state index is 0.0466. The number of rotatable bonds is 0. The average molecular weight is 290 g/mol. The van der Waals surface area contributed by atoms with Gasteiger partial charge in [0.1, 0.15) is 10.8 Å². The Labute approximate surface area is 119 Å². The normalized spacial score (nSPS) is 27.9. The fraction of sp³-hybridized carbons (Fsp3) is 0.357. The van der Waals surface area contributed by atoms with Crippen molar-refractivity contribution in [3.8, 4) is 10.9 Å². The zero-order valence-corrected chi connectivity index (χ0v) is 12.0. The van der Waals surface area contributed by atoms with Crippen LogP contribution in [0.1, 0.15) is 23.3 Å². The van der Waals surface area contributed by atoms with Gasteiger partial charge in [-0.2, -0.15) is 0 Å². The second-order valence-electron chi connectivity index (χ2n) is 5.35. The molecule has 19 heavy (non-hydrogen) atoms. The first kappa shape index (κ1) is 11.6. The lowest BCUT2D eigenvalue weighted by molar-refractivity contribution is -0.268. The van der Waals surface area contributed by atoms with Gasteiger partial charge in [-0.1, -0.05) is 25.1 Å². The summed E-state index contributed by atoms with van der Waals surface area (Å²) >= 11 is 2.98. The molecule has 3 nitrogen and oxygen atoms in total. The number of hydrogen-bond acceptors (Lipinski definition) is 5. The van der Waals surface area contributed by atoms with Crippen LogP contribution >= 0.6 is 23.1 Å². The van der Waals surface area contributed by atoms with Gasteiger partial charge in [0, 0.05) is 32.7 Å². The molecule has 0 spiro atoms. The van der Waals surface area contributed by atoms with Gasteiger partial charge in [-0.05, 0) is 6.07 Å². The van der Waals surface area contributed by atoms with E-state index in [0.29, 0.717) is 6.61 Å². The van der Waals surface area contributed by atoms with Crippen molar-refractivity contribution in [3.63, 3.8) is 0 Å². The van der Waals surface area contributed by atoms with Crippen molar-refractivity contribution in [2.75, 3.05) is 12.4 Å². The first-order chi connectivity index (χ1) is 9.17. The Hall–Kier alpha value is -1.20. The molecule has 5 heteroatoms. The highest BCUT2D eigenvalue weighted by atomic mass is 32.2. The van der Waals surface area contributed by atoms with E-state index in [1.165, 1.54) is 16.9 Å². The third-order valence-electron chi connectivity index (χ3n) is 3.89. The second kappa shape index (κ2) is 3.90. The number of thiazole rings is 1. The summed E-state index contributed by atoms with van der Waals surface area (Å²) in [4.78, 5) is 5.26. The van der Waals surface area contributed by atoms with Crippen LogP contribution < -0.4 is 9.84 Å². The van der Waals surface area contributed by atoms with Gasteiger partial charge in [0.25, 0.3) is 0 Å². The Balaban J connectivity index is 1.95. The molecule has 0 aliphatic carbocycles. The number of para-hydroxylation sites is 1. The molecule has 98 valence electrons. The zero-order chi connectivity index (χ0) is 13.0. The highest BCUT2D eigenvalue weighted by Gasteiger charge is 2.46. The van der Waals surface area contributed by atoms with E-state index in [2.05, 4.69) is 18.0 Å². The molecule has 1 aromatic carbocycles. The lowest BCUT2D eigenvalue weighted by Gasteiger charge is -2.44. The lowest BCUT2D eigenvalue weighted by Crippen LogP contribution is -2.40. The van der Waals surface area contributed by atoms with Crippen molar-refractivity contribution >= 4 is 23.1 Å². The topological polar surface area (TPSA) is 45.2 Å². The molecule has 1 aromatic heterocycles. The summed E-state index contributed by atoms with van der Waals surface area (Å²) in [5, 5.41) is 12.5. The van der Waals surface area contributed by atoms with Crippen LogP contribution in [0.3, 0.4) is 0 Å². The molecule has 0 N–H and O–H groups in total. The first-order valence-corrected chi connectivity index (χ1v) is 8.00. The van der Waals surface area contributed by atoms with Crippen molar-refractivity contribution in [2.45, 2.75) is 17.9 Å². The van der Waals surface area contributed by atoms with Crippen LogP contribution in [0.4, 0.5) is 0 Å². The number of fused-ring (bicyclic) bond motifs is 5. The molecule has 0 saturated heterocycles. The average Bonchev–Trinajstić information content (AvgIpc) is 2.78. The predicted octanol–water partition coefficient (Wildman–Crippen LogP) is 2.85. The summed E-state index contributed by atoms with van der Waals surface area (Å²) in [6.45, 7) is 2.95. The van der Waals surface area contributed by atoms with E-state index in [1.54, 1.807) is 11.8 Å². The highest BCUT2D eigenvalue weighted by molar-refractivity contribution is 7.99. The molecule has 0 unspecified atom stereocenters. The van der Waals surface area contributed by atoms with Crippen LogP contribution in [0.5, 0.6) is 10.9 Å². The van der Waals surface area contributed by atoms with Gasteiger partial charge >= 0.3 is 0 Å². The van der Waals surface area contributed by atoms with Crippen LogP contribution in [0.2, 0.25) is 0 Å². The number of benzene rings is 1. The van der Waals surface area contributed by atoms with Gasteiger partial charge in [-0.3, -0.25) is 0 Å². The maximum Gasteiger partial charge on any atom is 0.123 e. The van der Waals surface area contributed by atoms with E-state index < -0.39 is 0 Å². The molecule has 2 atom stereocenters. The molecule has 4 rings (SSSR count). The van der Waals surface area contributed by atoms with Crippen LogP contribution in [0, 0.1) is 5.41 Å². The van der Waals surface area contributed by atoms with Gasteiger partial charge in [-0.25, -0.2) is 4.98 Å². The standard InChI is InChI=1S/C14H13NO2S2/c1-14-6-17-9-5-3-2-4-8(9)10(14)11-12(18-7-14)15-13(16)19-11/h2-5,10H,6-7H2,1H3,(H,15,16)/p-1/t10-,14+/m0/s1. The predicted molar refractivity (Wildman–Crippen MR) is 74.2 cm³/mol. The fourth-order valence-electron chi connectivity index (χ4n) is 2.95. The fourth-order valence-corrected chi connectivity index (χ4v) is 5.42. The zero-order valence-electron chi connectivity index (χ0n) is 10.4.